The number of anilines is 2. The van der Waals surface area contributed by atoms with E-state index < -0.39 is 17.9 Å². The second-order valence-electron chi connectivity index (χ2n) is 6.86. The van der Waals surface area contributed by atoms with Crippen LogP contribution in [0.4, 0.5) is 11.4 Å². The van der Waals surface area contributed by atoms with Crippen LogP contribution in [0.15, 0.2) is 48.5 Å². The maximum atomic E-state index is 12.3. The summed E-state index contributed by atoms with van der Waals surface area (Å²) in [6.45, 7) is 0.775. The zero-order valence-electron chi connectivity index (χ0n) is 17.0. The summed E-state index contributed by atoms with van der Waals surface area (Å²) >= 11 is 0. The average Bonchev–Trinajstić information content (AvgIpc) is 3.20. The number of nitrogens with zero attached hydrogens (tertiary/aromatic N) is 1. The maximum absolute atomic E-state index is 12.3. The lowest BCUT2D eigenvalue weighted by Crippen LogP contribution is -2.38. The number of carbonyl (C=O) groups excluding carboxylic acids is 3. The Hall–Kier alpha value is -3.39. The lowest BCUT2D eigenvalue weighted by molar-refractivity contribution is -0.136. The van der Waals surface area contributed by atoms with Gasteiger partial charge in [0, 0.05) is 38.0 Å². The number of hydrogen-bond acceptors (Lipinski definition) is 5. The first-order chi connectivity index (χ1) is 14.5. The summed E-state index contributed by atoms with van der Waals surface area (Å²) in [7, 11) is 3.10. The van der Waals surface area contributed by atoms with Gasteiger partial charge in [-0.2, -0.15) is 0 Å². The number of carbonyl (C=O) groups is 3. The molecule has 3 amide bonds. The van der Waals surface area contributed by atoms with Crippen molar-refractivity contribution < 1.29 is 23.9 Å². The summed E-state index contributed by atoms with van der Waals surface area (Å²) < 4.78 is 10.6. The predicted molar refractivity (Wildman–Crippen MR) is 112 cm³/mol. The zero-order chi connectivity index (χ0) is 21.5. The summed E-state index contributed by atoms with van der Waals surface area (Å²) in [5, 5.41) is 5.16. The molecule has 0 spiro atoms. The molecule has 2 aromatic carbocycles. The quantitative estimate of drug-likeness (QED) is 0.682. The van der Waals surface area contributed by atoms with Crippen molar-refractivity contribution in [3.05, 3.63) is 54.1 Å². The van der Waals surface area contributed by atoms with Gasteiger partial charge in [-0.25, -0.2) is 0 Å². The van der Waals surface area contributed by atoms with Crippen molar-refractivity contribution in [1.29, 1.82) is 0 Å². The van der Waals surface area contributed by atoms with E-state index in [1.54, 1.807) is 36.3 Å². The minimum absolute atomic E-state index is 0.0550. The van der Waals surface area contributed by atoms with Crippen molar-refractivity contribution in [2.45, 2.75) is 18.9 Å². The standard InChI is InChI=1S/C22H25N3O5/c1-29-18-9-3-6-15(12-18)19(30-2)14-23-21(27)22(28)24-16-7-4-8-17(13-16)25-11-5-10-20(25)26/h3-4,6-9,12-13,19H,5,10-11,14H2,1-2H3,(H,23,27)(H,24,28). The van der Waals surface area contributed by atoms with Crippen molar-refractivity contribution in [1.82, 2.24) is 5.32 Å². The van der Waals surface area contributed by atoms with Crippen molar-refractivity contribution in [2.75, 3.05) is 37.5 Å². The molecule has 0 aliphatic carbocycles. The van der Waals surface area contributed by atoms with Crippen molar-refractivity contribution in [3.8, 4) is 5.75 Å². The predicted octanol–water partition coefficient (Wildman–Crippen LogP) is 2.26. The Morgan fingerprint density at radius 1 is 1.10 bits per heavy atom. The van der Waals surface area contributed by atoms with Gasteiger partial charge >= 0.3 is 11.8 Å². The Labute approximate surface area is 175 Å². The number of rotatable bonds is 7. The lowest BCUT2D eigenvalue weighted by atomic mass is 10.1. The molecule has 1 aliphatic rings. The molecule has 158 valence electrons. The summed E-state index contributed by atoms with van der Waals surface area (Å²) in [6.07, 6.45) is 0.903. The van der Waals surface area contributed by atoms with Crippen LogP contribution >= 0.6 is 0 Å². The lowest BCUT2D eigenvalue weighted by Gasteiger charge is -2.18. The highest BCUT2D eigenvalue weighted by molar-refractivity contribution is 6.39. The Morgan fingerprint density at radius 2 is 1.90 bits per heavy atom. The van der Waals surface area contributed by atoms with E-state index in [2.05, 4.69) is 10.6 Å². The van der Waals surface area contributed by atoms with Crippen LogP contribution in [-0.2, 0) is 19.1 Å². The van der Waals surface area contributed by atoms with E-state index in [4.69, 9.17) is 9.47 Å². The third-order valence-electron chi connectivity index (χ3n) is 4.89. The van der Waals surface area contributed by atoms with E-state index in [1.807, 2.05) is 24.3 Å². The van der Waals surface area contributed by atoms with Gasteiger partial charge in [0.15, 0.2) is 0 Å². The number of amides is 3. The molecule has 0 aromatic heterocycles. The molecule has 1 heterocycles. The Morgan fingerprint density at radius 3 is 2.60 bits per heavy atom. The molecular weight excluding hydrogens is 386 g/mol. The Balaban J connectivity index is 1.58. The molecule has 8 heteroatoms. The van der Waals surface area contributed by atoms with Gasteiger partial charge in [-0.1, -0.05) is 18.2 Å². The maximum Gasteiger partial charge on any atom is 0.313 e. The van der Waals surface area contributed by atoms with Gasteiger partial charge in [0.1, 0.15) is 5.75 Å². The molecule has 2 aromatic rings. The van der Waals surface area contributed by atoms with Crippen LogP contribution in [-0.4, -0.2) is 45.0 Å². The number of nitrogens with one attached hydrogen (secondary N) is 2. The molecular formula is C22H25N3O5. The Kier molecular flexibility index (Phi) is 7.03. The Bertz CT molecular complexity index is 930. The van der Waals surface area contributed by atoms with Crippen LogP contribution in [0.2, 0.25) is 0 Å². The van der Waals surface area contributed by atoms with Gasteiger partial charge in [0.25, 0.3) is 0 Å². The molecule has 30 heavy (non-hydrogen) atoms. The van der Waals surface area contributed by atoms with Crippen LogP contribution in [0.3, 0.4) is 0 Å². The van der Waals surface area contributed by atoms with E-state index >= 15 is 0 Å². The summed E-state index contributed by atoms with van der Waals surface area (Å²) in [4.78, 5) is 38.1. The van der Waals surface area contributed by atoms with Gasteiger partial charge in [-0.05, 0) is 42.3 Å². The third-order valence-corrected chi connectivity index (χ3v) is 4.89. The fraction of sp³-hybridized carbons (Fsp3) is 0.318. The molecule has 0 saturated carbocycles. The molecule has 1 saturated heterocycles. The van der Waals surface area contributed by atoms with Gasteiger partial charge < -0.3 is 25.0 Å². The number of methoxy groups -OCH3 is 2. The van der Waals surface area contributed by atoms with Crippen LogP contribution < -0.4 is 20.3 Å². The fourth-order valence-corrected chi connectivity index (χ4v) is 3.31. The molecule has 0 radical (unpaired) electrons. The normalized spacial score (nSPS) is 14.3. The van der Waals surface area contributed by atoms with Crippen molar-refractivity contribution >= 4 is 29.1 Å². The van der Waals surface area contributed by atoms with Gasteiger partial charge in [-0.15, -0.1) is 0 Å². The SMILES string of the molecule is COc1cccc(C(CNC(=O)C(=O)Nc2cccc(N3CCCC3=O)c2)OC)c1. The van der Waals surface area contributed by atoms with E-state index in [9.17, 15) is 14.4 Å². The van der Waals surface area contributed by atoms with Gasteiger partial charge in [0.05, 0.1) is 13.2 Å². The first kappa shape index (κ1) is 21.3. The van der Waals surface area contributed by atoms with Crippen LogP contribution in [0.5, 0.6) is 5.75 Å². The molecule has 0 bridgehead atoms. The summed E-state index contributed by atoms with van der Waals surface area (Å²) in [5.41, 5.74) is 1.97. The highest BCUT2D eigenvalue weighted by Crippen LogP contribution is 2.24. The minimum atomic E-state index is -0.791. The molecule has 3 rings (SSSR count). The average molecular weight is 411 g/mol. The molecule has 1 unspecified atom stereocenters. The molecule has 2 N–H and O–H groups in total. The monoisotopic (exact) mass is 411 g/mol. The summed E-state index contributed by atoms with van der Waals surface area (Å²) in [6, 6.07) is 14.2. The molecule has 1 atom stereocenters. The van der Waals surface area contributed by atoms with E-state index in [0.717, 1.165) is 12.0 Å². The third kappa shape index (κ3) is 5.15. The molecule has 1 fully saturated rings. The largest absolute Gasteiger partial charge is 0.497 e. The number of hydrogen-bond donors (Lipinski definition) is 2. The number of ether oxygens (including phenoxy) is 2. The van der Waals surface area contributed by atoms with Crippen molar-refractivity contribution in [2.24, 2.45) is 0 Å². The second-order valence-corrected chi connectivity index (χ2v) is 6.86. The first-order valence-corrected chi connectivity index (χ1v) is 9.68. The van der Waals surface area contributed by atoms with Crippen LogP contribution in [0.25, 0.3) is 0 Å². The minimum Gasteiger partial charge on any atom is -0.497 e. The zero-order valence-corrected chi connectivity index (χ0v) is 17.0. The highest BCUT2D eigenvalue weighted by Gasteiger charge is 2.22. The first-order valence-electron chi connectivity index (χ1n) is 9.68. The second kappa shape index (κ2) is 9.89. The van der Waals surface area contributed by atoms with Crippen molar-refractivity contribution in [3.63, 3.8) is 0 Å². The molecule has 8 nitrogen and oxygen atoms in total. The van der Waals surface area contributed by atoms with Crippen LogP contribution in [0.1, 0.15) is 24.5 Å². The van der Waals surface area contributed by atoms with E-state index in [0.29, 0.717) is 30.1 Å². The van der Waals surface area contributed by atoms with Gasteiger partial charge in [-0.3, -0.25) is 14.4 Å². The van der Waals surface area contributed by atoms with E-state index in [-0.39, 0.29) is 12.5 Å². The summed E-state index contributed by atoms with van der Waals surface area (Å²) in [5.74, 6) is -0.836. The topological polar surface area (TPSA) is 97.0 Å². The smallest absolute Gasteiger partial charge is 0.313 e. The molecule has 1 aliphatic heterocycles. The van der Waals surface area contributed by atoms with Crippen LogP contribution in [0, 0.1) is 0 Å². The van der Waals surface area contributed by atoms with E-state index in [1.165, 1.54) is 7.11 Å². The fourth-order valence-electron chi connectivity index (χ4n) is 3.31. The number of benzene rings is 2. The highest BCUT2D eigenvalue weighted by atomic mass is 16.5. The van der Waals surface area contributed by atoms with Gasteiger partial charge in [0.2, 0.25) is 5.91 Å².